The Kier molecular flexibility index (Phi) is 7.06. The number of rotatable bonds is 2. The van der Waals surface area contributed by atoms with E-state index in [9.17, 15) is 4.39 Å². The standard InChI is InChI=1S/C7H8FNO.2H2O/c8-5-10-7-3-1-2-6(9)4-7;;/h1-4H,5,9H2;2*1H2. The maximum Gasteiger partial charge on any atom is 0.228 e. The summed E-state index contributed by atoms with van der Waals surface area (Å²) in [6.45, 7) is -0.816. The lowest BCUT2D eigenvalue weighted by molar-refractivity contribution is 0.192. The molecule has 0 aliphatic rings. The molecule has 0 aliphatic carbocycles. The van der Waals surface area contributed by atoms with E-state index in [-0.39, 0.29) is 11.0 Å². The van der Waals surface area contributed by atoms with Crippen molar-refractivity contribution < 1.29 is 20.1 Å². The minimum absolute atomic E-state index is 0. The summed E-state index contributed by atoms with van der Waals surface area (Å²) in [7, 11) is 0. The first-order valence-electron chi connectivity index (χ1n) is 2.87. The van der Waals surface area contributed by atoms with Crippen molar-refractivity contribution in [3.05, 3.63) is 24.3 Å². The van der Waals surface area contributed by atoms with Crippen LogP contribution in [-0.2, 0) is 0 Å². The molecule has 0 bridgehead atoms. The van der Waals surface area contributed by atoms with Crippen molar-refractivity contribution in [2.45, 2.75) is 0 Å². The molecule has 0 spiro atoms. The second kappa shape index (κ2) is 6.38. The molecular weight excluding hydrogens is 165 g/mol. The highest BCUT2D eigenvalue weighted by Crippen LogP contribution is 2.13. The minimum atomic E-state index is -0.816. The predicted octanol–water partition coefficient (Wildman–Crippen LogP) is -0.0748. The Morgan fingerprint density at radius 3 is 2.50 bits per heavy atom. The van der Waals surface area contributed by atoms with Gasteiger partial charge in [0.05, 0.1) is 0 Å². The number of halogens is 1. The second-order valence-electron chi connectivity index (χ2n) is 1.83. The average Bonchev–Trinajstić information content (AvgIpc) is 1.88. The smallest absolute Gasteiger partial charge is 0.228 e. The van der Waals surface area contributed by atoms with E-state index in [1.165, 1.54) is 0 Å². The third-order valence-electron chi connectivity index (χ3n) is 1.08. The maximum atomic E-state index is 11.5. The summed E-state index contributed by atoms with van der Waals surface area (Å²) in [5.41, 5.74) is 5.96. The lowest BCUT2D eigenvalue weighted by atomic mass is 10.3. The first-order chi connectivity index (χ1) is 4.83. The maximum absolute atomic E-state index is 11.5. The van der Waals surface area contributed by atoms with Crippen LogP contribution in [0.5, 0.6) is 5.75 Å². The number of alkyl halides is 1. The molecule has 1 aromatic rings. The van der Waals surface area contributed by atoms with Crippen molar-refractivity contribution in [2.75, 3.05) is 12.6 Å². The molecule has 0 saturated carbocycles. The van der Waals surface area contributed by atoms with Gasteiger partial charge in [-0.2, -0.15) is 0 Å². The fourth-order valence-corrected chi connectivity index (χ4v) is 0.667. The van der Waals surface area contributed by atoms with Crippen LogP contribution in [0, 0.1) is 0 Å². The Morgan fingerprint density at radius 2 is 2.00 bits per heavy atom. The molecular formula is C7H12FNO3. The Hall–Kier alpha value is -1.33. The topological polar surface area (TPSA) is 98.2 Å². The van der Waals surface area contributed by atoms with Crippen LogP contribution in [0.3, 0.4) is 0 Å². The summed E-state index contributed by atoms with van der Waals surface area (Å²) in [5, 5.41) is 0. The number of ether oxygens (including phenoxy) is 1. The fourth-order valence-electron chi connectivity index (χ4n) is 0.667. The zero-order chi connectivity index (χ0) is 7.40. The van der Waals surface area contributed by atoms with Crippen LogP contribution in [0.25, 0.3) is 0 Å². The van der Waals surface area contributed by atoms with E-state index in [2.05, 4.69) is 4.74 Å². The van der Waals surface area contributed by atoms with E-state index in [1.807, 2.05) is 0 Å². The van der Waals surface area contributed by atoms with E-state index < -0.39 is 6.86 Å². The number of benzene rings is 1. The molecule has 0 fully saturated rings. The van der Waals surface area contributed by atoms with Crippen LogP contribution < -0.4 is 10.5 Å². The van der Waals surface area contributed by atoms with Crippen molar-refractivity contribution in [1.82, 2.24) is 0 Å². The Morgan fingerprint density at radius 1 is 1.33 bits per heavy atom. The lowest BCUT2D eigenvalue weighted by Gasteiger charge is -1.99. The summed E-state index contributed by atoms with van der Waals surface area (Å²) < 4.78 is 16.1. The third-order valence-corrected chi connectivity index (χ3v) is 1.08. The molecule has 0 aliphatic heterocycles. The molecule has 4 nitrogen and oxygen atoms in total. The molecule has 1 rings (SSSR count). The SMILES string of the molecule is Nc1cccc(OCF)c1.O.O. The van der Waals surface area contributed by atoms with Gasteiger partial charge in [0.15, 0.2) is 0 Å². The van der Waals surface area contributed by atoms with Gasteiger partial charge in [-0.1, -0.05) is 6.07 Å². The molecule has 0 unspecified atom stereocenters. The van der Waals surface area contributed by atoms with Crippen LogP contribution >= 0.6 is 0 Å². The average molecular weight is 177 g/mol. The molecule has 70 valence electrons. The van der Waals surface area contributed by atoms with Crippen LogP contribution in [0.2, 0.25) is 0 Å². The summed E-state index contributed by atoms with van der Waals surface area (Å²) in [5.74, 6) is 0.461. The van der Waals surface area contributed by atoms with Crippen LogP contribution in [0.15, 0.2) is 24.3 Å². The van der Waals surface area contributed by atoms with Gasteiger partial charge < -0.3 is 21.4 Å². The molecule has 12 heavy (non-hydrogen) atoms. The van der Waals surface area contributed by atoms with E-state index in [0.29, 0.717) is 11.4 Å². The second-order valence-corrected chi connectivity index (χ2v) is 1.83. The summed E-state index contributed by atoms with van der Waals surface area (Å²) in [6, 6.07) is 6.64. The van der Waals surface area contributed by atoms with E-state index in [0.717, 1.165) is 0 Å². The molecule has 0 saturated heterocycles. The van der Waals surface area contributed by atoms with Gasteiger partial charge in [0.1, 0.15) is 5.75 Å². The molecule has 5 heteroatoms. The van der Waals surface area contributed by atoms with Crippen molar-refractivity contribution >= 4 is 5.69 Å². The molecule has 0 atom stereocenters. The number of hydrogen-bond donors (Lipinski definition) is 1. The number of nitrogens with two attached hydrogens (primary N) is 1. The van der Waals surface area contributed by atoms with Gasteiger partial charge >= 0.3 is 0 Å². The van der Waals surface area contributed by atoms with E-state index in [1.54, 1.807) is 24.3 Å². The minimum Gasteiger partial charge on any atom is -0.463 e. The monoisotopic (exact) mass is 177 g/mol. The summed E-state index contributed by atoms with van der Waals surface area (Å²) >= 11 is 0. The van der Waals surface area contributed by atoms with Gasteiger partial charge in [-0.3, -0.25) is 0 Å². The van der Waals surface area contributed by atoms with E-state index >= 15 is 0 Å². The van der Waals surface area contributed by atoms with Gasteiger partial charge in [-0.15, -0.1) is 0 Å². The Balaban J connectivity index is 0. The Bertz CT molecular complexity index is 220. The highest BCUT2D eigenvalue weighted by Gasteiger charge is 1.90. The molecule has 0 aromatic heterocycles. The lowest BCUT2D eigenvalue weighted by Crippen LogP contribution is -1.91. The van der Waals surface area contributed by atoms with Crippen molar-refractivity contribution in [2.24, 2.45) is 0 Å². The first-order valence-corrected chi connectivity index (χ1v) is 2.87. The zero-order valence-corrected chi connectivity index (χ0v) is 6.38. The molecule has 0 radical (unpaired) electrons. The summed E-state index contributed by atoms with van der Waals surface area (Å²) in [6.07, 6.45) is 0. The first kappa shape index (κ1) is 13.3. The van der Waals surface area contributed by atoms with Gasteiger partial charge in [-0.25, -0.2) is 4.39 Å². The van der Waals surface area contributed by atoms with Crippen molar-refractivity contribution in [3.8, 4) is 5.75 Å². The highest BCUT2D eigenvalue weighted by atomic mass is 19.1. The van der Waals surface area contributed by atoms with Crippen molar-refractivity contribution in [3.63, 3.8) is 0 Å². The number of hydrogen-bond acceptors (Lipinski definition) is 2. The highest BCUT2D eigenvalue weighted by molar-refractivity contribution is 5.43. The van der Waals surface area contributed by atoms with Gasteiger partial charge in [0.25, 0.3) is 0 Å². The van der Waals surface area contributed by atoms with Gasteiger partial charge in [0.2, 0.25) is 6.86 Å². The molecule has 1 aromatic carbocycles. The number of nitrogen functional groups attached to an aromatic ring is 1. The molecule has 6 N–H and O–H groups in total. The van der Waals surface area contributed by atoms with Crippen LogP contribution in [0.1, 0.15) is 0 Å². The van der Waals surface area contributed by atoms with Crippen LogP contribution in [0.4, 0.5) is 10.1 Å². The predicted molar refractivity (Wildman–Crippen MR) is 44.7 cm³/mol. The van der Waals surface area contributed by atoms with Crippen molar-refractivity contribution in [1.29, 1.82) is 0 Å². The van der Waals surface area contributed by atoms with Crippen LogP contribution in [-0.4, -0.2) is 17.8 Å². The number of anilines is 1. The quantitative estimate of drug-likeness (QED) is 0.639. The molecule has 0 heterocycles. The zero-order valence-electron chi connectivity index (χ0n) is 6.38. The fraction of sp³-hybridized carbons (Fsp3) is 0.143. The van der Waals surface area contributed by atoms with Gasteiger partial charge in [0, 0.05) is 11.8 Å². The van der Waals surface area contributed by atoms with Gasteiger partial charge in [-0.05, 0) is 12.1 Å². The molecule has 0 amide bonds. The van der Waals surface area contributed by atoms with E-state index in [4.69, 9.17) is 5.73 Å². The summed E-state index contributed by atoms with van der Waals surface area (Å²) in [4.78, 5) is 0. The largest absolute Gasteiger partial charge is 0.463 e. The normalized spacial score (nSPS) is 7.75. The Labute approximate surface area is 69.4 Å². The third kappa shape index (κ3) is 3.75.